The fourth-order valence-electron chi connectivity index (χ4n) is 6.49. The molecule has 1 saturated heterocycles. The minimum absolute atomic E-state index is 0.0217. The Morgan fingerprint density at radius 2 is 1.50 bits per heavy atom. The predicted octanol–water partition coefficient (Wildman–Crippen LogP) is 4.34. The molecule has 0 aromatic carbocycles. The maximum atomic E-state index is 12.8. The van der Waals surface area contributed by atoms with Crippen LogP contribution in [-0.2, 0) is 50.7 Å². The zero-order valence-corrected chi connectivity index (χ0v) is 43.7. The van der Waals surface area contributed by atoms with E-state index in [0.717, 1.165) is 73.9 Å². The van der Waals surface area contributed by atoms with E-state index in [1.807, 2.05) is 0 Å². The number of aliphatic hydroxyl groups excluding tert-OH is 3. The third-order valence-corrected chi connectivity index (χ3v) is 14.2. The van der Waals surface area contributed by atoms with Crippen LogP contribution >= 0.6 is 35.2 Å². The summed E-state index contributed by atoms with van der Waals surface area (Å²) in [7, 11) is -16.5. The Balaban J connectivity index is 1.29. The standard InChI is InChI=1S/C43H68N7O18P3S/c1-4-5-6-7-8-9-10-11-12-13-14-15-16-17-18-19-20-21-31(51)26-34(53)72-25-24-45-33(52)22-23-46-41(56)38(55)43(2,3)28-65-71(62,63)68-70(60,61)64-27-32-37(67-69(57,58)59)36(54)42(66-32)50-30-49-35-39(44)47-29-48-40(35)50/h5-6,8-9,11-12,14-15,17-18,29-32,36-38,42,51,54-55H,4,7,10,13,16,19-28H2,1-3H3,(H,45,52)(H,46,56)(H,60,61)(H,62,63)(H2,44,47,48)(H2,57,58,59)/b6-5-,9-8-,12-11-,15-14-,18-17-/t31-,32-,36-,37-,38+,42-/m1/s1. The number of imidazole rings is 1. The molecule has 2 aromatic rings. The minimum Gasteiger partial charge on any atom is -0.393 e. The van der Waals surface area contributed by atoms with Gasteiger partial charge in [0.1, 0.15) is 36.3 Å². The lowest BCUT2D eigenvalue weighted by Gasteiger charge is -2.30. The van der Waals surface area contributed by atoms with Crippen LogP contribution in [0.15, 0.2) is 73.4 Å². The van der Waals surface area contributed by atoms with E-state index in [1.54, 1.807) is 0 Å². The number of amides is 2. The number of unbranched alkanes of at least 4 members (excludes halogenated alkanes) is 1. The largest absolute Gasteiger partial charge is 0.481 e. The molecule has 2 aromatic heterocycles. The van der Waals surface area contributed by atoms with Gasteiger partial charge in [0.15, 0.2) is 22.8 Å². The third kappa shape index (κ3) is 23.6. The molecule has 0 aliphatic carbocycles. The maximum absolute atomic E-state index is 12.8. The van der Waals surface area contributed by atoms with Gasteiger partial charge in [-0.3, -0.25) is 32.5 Å². The number of phosphoric ester groups is 3. The summed E-state index contributed by atoms with van der Waals surface area (Å²) in [5.41, 5.74) is 4.24. The number of carbonyl (C=O) groups excluding carboxylic acids is 3. The lowest BCUT2D eigenvalue weighted by Crippen LogP contribution is -2.46. The van der Waals surface area contributed by atoms with Crippen molar-refractivity contribution in [2.24, 2.45) is 5.41 Å². The number of thioether (sulfide) groups is 1. The number of carbonyl (C=O) groups is 3. The second-order valence-electron chi connectivity index (χ2n) is 16.8. The molecule has 404 valence electrons. The number of hydrogen-bond donors (Lipinski definition) is 10. The summed E-state index contributed by atoms with van der Waals surface area (Å²) in [5, 5.41) is 36.6. The predicted molar refractivity (Wildman–Crippen MR) is 266 cm³/mol. The summed E-state index contributed by atoms with van der Waals surface area (Å²) < 4.78 is 62.4. The number of aliphatic hydroxyl groups is 3. The van der Waals surface area contributed by atoms with Crippen molar-refractivity contribution in [3.05, 3.63) is 73.4 Å². The van der Waals surface area contributed by atoms with Gasteiger partial charge < -0.3 is 56.0 Å². The van der Waals surface area contributed by atoms with E-state index in [0.29, 0.717) is 6.42 Å². The van der Waals surface area contributed by atoms with Crippen molar-refractivity contribution in [3.8, 4) is 0 Å². The number of nitrogens with zero attached hydrogens (tertiary/aromatic N) is 4. The first-order valence-electron chi connectivity index (χ1n) is 22.9. The van der Waals surface area contributed by atoms with E-state index >= 15 is 0 Å². The smallest absolute Gasteiger partial charge is 0.393 e. The third-order valence-electron chi connectivity index (χ3n) is 10.2. The van der Waals surface area contributed by atoms with E-state index < -0.39 is 90.7 Å². The Morgan fingerprint density at radius 3 is 2.12 bits per heavy atom. The van der Waals surface area contributed by atoms with Gasteiger partial charge in [0.25, 0.3) is 0 Å². The number of nitrogens with one attached hydrogen (secondary N) is 2. The van der Waals surface area contributed by atoms with Gasteiger partial charge in [-0.25, -0.2) is 28.6 Å². The van der Waals surface area contributed by atoms with Crippen molar-refractivity contribution in [1.82, 2.24) is 30.2 Å². The summed E-state index contributed by atoms with van der Waals surface area (Å²) in [5.74, 6) is -1.27. The van der Waals surface area contributed by atoms with Crippen molar-refractivity contribution >= 4 is 69.1 Å². The maximum Gasteiger partial charge on any atom is 0.481 e. The molecule has 3 rings (SSSR count). The zero-order chi connectivity index (χ0) is 53.4. The van der Waals surface area contributed by atoms with Gasteiger partial charge in [-0.2, -0.15) is 4.31 Å². The van der Waals surface area contributed by atoms with E-state index in [9.17, 15) is 63.0 Å². The highest BCUT2D eigenvalue weighted by Crippen LogP contribution is 2.61. The van der Waals surface area contributed by atoms with Gasteiger partial charge in [-0.05, 0) is 51.4 Å². The average Bonchev–Trinajstić information content (AvgIpc) is 3.86. The number of nitrogen functional groups attached to an aromatic ring is 1. The Morgan fingerprint density at radius 1 is 0.889 bits per heavy atom. The van der Waals surface area contributed by atoms with E-state index in [2.05, 4.69) is 102 Å². The van der Waals surface area contributed by atoms with E-state index in [1.165, 1.54) is 13.8 Å². The Bertz CT molecular complexity index is 2340. The molecule has 0 radical (unpaired) electrons. The number of hydrogen-bond acceptors (Lipinski definition) is 19. The second kappa shape index (κ2) is 31.2. The van der Waals surface area contributed by atoms with Crippen LogP contribution < -0.4 is 16.4 Å². The lowest BCUT2D eigenvalue weighted by molar-refractivity contribution is -0.137. The zero-order valence-electron chi connectivity index (χ0n) is 40.2. The molecule has 3 heterocycles. The summed E-state index contributed by atoms with van der Waals surface area (Å²) in [6.07, 6.45) is 20.1. The van der Waals surface area contributed by atoms with E-state index in [4.69, 9.17) is 19.5 Å². The van der Waals surface area contributed by atoms with Crippen LogP contribution in [-0.4, -0.2) is 134 Å². The molecule has 11 N–H and O–H groups in total. The summed E-state index contributed by atoms with van der Waals surface area (Å²) in [6, 6.07) is 0. The summed E-state index contributed by atoms with van der Waals surface area (Å²) in [4.78, 5) is 88.5. The van der Waals surface area contributed by atoms with Crippen LogP contribution in [0, 0.1) is 5.41 Å². The van der Waals surface area contributed by atoms with Gasteiger partial charge >= 0.3 is 23.5 Å². The normalized spacial score (nSPS) is 20.5. The molecular formula is C43H68N7O18P3S. The molecular weight excluding hydrogens is 1030 g/mol. The highest BCUT2D eigenvalue weighted by Gasteiger charge is 2.50. The number of fused-ring (bicyclic) bond motifs is 1. The van der Waals surface area contributed by atoms with Crippen LogP contribution in [0.25, 0.3) is 11.2 Å². The first-order valence-corrected chi connectivity index (χ1v) is 28.4. The van der Waals surface area contributed by atoms with Gasteiger partial charge in [-0.1, -0.05) is 93.3 Å². The molecule has 1 aliphatic rings. The highest BCUT2D eigenvalue weighted by atomic mass is 32.2. The van der Waals surface area contributed by atoms with E-state index in [-0.39, 0.29) is 53.8 Å². The van der Waals surface area contributed by atoms with Gasteiger partial charge in [0.2, 0.25) is 11.8 Å². The molecule has 2 unspecified atom stereocenters. The monoisotopic (exact) mass is 1100 g/mol. The molecule has 0 spiro atoms. The first kappa shape index (κ1) is 62.5. The second-order valence-corrected chi connectivity index (χ2v) is 22.2. The number of rotatable bonds is 34. The number of anilines is 1. The van der Waals surface area contributed by atoms with Crippen LogP contribution in [0.2, 0.25) is 0 Å². The summed E-state index contributed by atoms with van der Waals surface area (Å²) in [6.45, 7) is 2.46. The molecule has 1 fully saturated rings. The van der Waals surface area contributed by atoms with Crippen LogP contribution in [0.5, 0.6) is 0 Å². The number of allylic oxidation sites excluding steroid dienone is 10. The molecule has 29 heteroatoms. The number of nitrogens with two attached hydrogens (primary N) is 1. The van der Waals surface area contributed by atoms with Crippen LogP contribution in [0.1, 0.15) is 91.2 Å². The van der Waals surface area contributed by atoms with Crippen molar-refractivity contribution in [1.29, 1.82) is 0 Å². The molecule has 72 heavy (non-hydrogen) atoms. The molecule has 0 bridgehead atoms. The Labute approximate surface area is 421 Å². The molecule has 0 saturated carbocycles. The van der Waals surface area contributed by atoms with Gasteiger partial charge in [-0.15, -0.1) is 0 Å². The van der Waals surface area contributed by atoms with Crippen molar-refractivity contribution in [2.45, 2.75) is 122 Å². The summed E-state index contributed by atoms with van der Waals surface area (Å²) >= 11 is 0.972. The number of phosphoric acid groups is 3. The quantitative estimate of drug-likeness (QED) is 0.0265. The first-order chi connectivity index (χ1) is 33.9. The van der Waals surface area contributed by atoms with Crippen molar-refractivity contribution in [3.63, 3.8) is 0 Å². The van der Waals surface area contributed by atoms with Crippen molar-refractivity contribution in [2.75, 3.05) is 37.8 Å². The van der Waals surface area contributed by atoms with Gasteiger partial charge in [0.05, 0.1) is 25.6 Å². The van der Waals surface area contributed by atoms with Crippen LogP contribution in [0.4, 0.5) is 5.82 Å². The Kier molecular flexibility index (Phi) is 27.1. The van der Waals surface area contributed by atoms with Gasteiger partial charge in [0, 0.05) is 37.1 Å². The molecule has 25 nitrogen and oxygen atoms in total. The van der Waals surface area contributed by atoms with Crippen molar-refractivity contribution < 1.29 is 85.6 Å². The highest BCUT2D eigenvalue weighted by molar-refractivity contribution is 8.13. The molecule has 1 aliphatic heterocycles. The fraction of sp³-hybridized carbons (Fsp3) is 0.581. The average molecular weight is 1100 g/mol. The Hall–Kier alpha value is -3.78. The minimum atomic E-state index is -5.59. The molecule has 8 atom stereocenters. The van der Waals surface area contributed by atoms with Crippen LogP contribution in [0.3, 0.4) is 0 Å². The fourth-order valence-corrected chi connectivity index (χ4v) is 10.1. The molecule has 2 amide bonds. The topological polar surface area (TPSA) is 384 Å². The number of ether oxygens (including phenoxy) is 1. The SMILES string of the molecule is CC/C=C\C/C=C\C/C=C\C/C=C\C/C=C\CCC[C@@H](O)CC(=O)SCCNC(=O)CCNC(=O)[C@H](O)C(C)(C)COP(=O)(O)OP(=O)(O)OC[C@H]1O[C@@H](n2cnc3c(N)ncnc32)[C@H](O)[C@@H]1OP(=O)(O)O. The number of aromatic nitrogens is 4. The lowest BCUT2D eigenvalue weighted by atomic mass is 9.87.